The number of benzene rings is 10. The third-order valence-electron chi connectivity index (χ3n) is 12.3. The summed E-state index contributed by atoms with van der Waals surface area (Å²) in [5.41, 5.74) is 13.8. The second kappa shape index (κ2) is 15.3. The molecule has 2 aromatic heterocycles. The molecule has 0 aliphatic carbocycles. The molecule has 0 spiro atoms. The maximum Gasteiger partial charge on any atom is 0.160 e. The van der Waals surface area contributed by atoms with E-state index in [0.29, 0.717) is 5.82 Å². The normalized spacial score (nSPS) is 11.5. The molecule has 294 valence electrons. The highest BCUT2D eigenvalue weighted by molar-refractivity contribution is 6.20. The lowest BCUT2D eigenvalue weighted by atomic mass is 9.89. The van der Waals surface area contributed by atoms with Crippen molar-refractivity contribution >= 4 is 43.3 Å². The fourth-order valence-electron chi connectivity index (χ4n) is 9.04. The Balaban J connectivity index is 0.825. The quantitative estimate of drug-likeness (QED) is 0.119. The Morgan fingerprint density at radius 2 is 0.762 bits per heavy atom. The van der Waals surface area contributed by atoms with Gasteiger partial charge in [0.1, 0.15) is 11.3 Å². The van der Waals surface area contributed by atoms with E-state index in [1.54, 1.807) is 0 Å². The Hall–Kier alpha value is -8.40. The number of hydrogen-bond donors (Lipinski definition) is 0. The van der Waals surface area contributed by atoms with Gasteiger partial charge in [-0.05, 0) is 90.0 Å². The zero-order valence-corrected chi connectivity index (χ0v) is 34.2. The van der Waals surface area contributed by atoms with Crippen molar-refractivity contribution in [2.75, 3.05) is 0 Å². The Morgan fingerprint density at radius 1 is 0.270 bits per heavy atom. The van der Waals surface area contributed by atoms with Crippen LogP contribution in [0.2, 0.25) is 0 Å². The summed E-state index contributed by atoms with van der Waals surface area (Å²) in [6.07, 6.45) is 0. The summed E-state index contributed by atoms with van der Waals surface area (Å²) in [6.45, 7) is 0. The van der Waals surface area contributed by atoms with Gasteiger partial charge in [-0.25, -0.2) is 9.97 Å². The lowest BCUT2D eigenvalue weighted by Gasteiger charge is -2.14. The summed E-state index contributed by atoms with van der Waals surface area (Å²) in [6, 6.07) is 81.8. The molecule has 0 bridgehead atoms. The van der Waals surface area contributed by atoms with Gasteiger partial charge in [0, 0.05) is 27.6 Å². The smallest absolute Gasteiger partial charge is 0.160 e. The van der Waals surface area contributed by atoms with Crippen molar-refractivity contribution in [2.45, 2.75) is 0 Å². The second-order valence-corrected chi connectivity index (χ2v) is 16.1. The molecule has 0 saturated carbocycles. The van der Waals surface area contributed by atoms with Gasteiger partial charge in [0.15, 0.2) is 5.82 Å². The lowest BCUT2D eigenvalue weighted by molar-refractivity contribution is 0.631. The van der Waals surface area contributed by atoms with Gasteiger partial charge in [-0.3, -0.25) is 0 Å². The molecule has 0 unspecified atom stereocenters. The van der Waals surface area contributed by atoms with Gasteiger partial charge < -0.3 is 4.42 Å². The van der Waals surface area contributed by atoms with Gasteiger partial charge in [-0.2, -0.15) is 0 Å². The van der Waals surface area contributed by atoms with Crippen LogP contribution in [0.1, 0.15) is 0 Å². The summed E-state index contributed by atoms with van der Waals surface area (Å²) >= 11 is 0. The lowest BCUT2D eigenvalue weighted by Crippen LogP contribution is -1.96. The van der Waals surface area contributed by atoms with Gasteiger partial charge in [0.25, 0.3) is 0 Å². The van der Waals surface area contributed by atoms with Crippen LogP contribution >= 0.6 is 0 Å². The molecule has 0 atom stereocenters. The molecule has 3 nitrogen and oxygen atoms in total. The van der Waals surface area contributed by atoms with Gasteiger partial charge in [-0.1, -0.05) is 206 Å². The number of fused-ring (bicyclic) bond motifs is 5. The Morgan fingerprint density at radius 3 is 1.38 bits per heavy atom. The molecule has 0 amide bonds. The zero-order chi connectivity index (χ0) is 41.7. The number of para-hydroxylation sites is 1. The van der Waals surface area contributed by atoms with Crippen LogP contribution in [-0.4, -0.2) is 9.97 Å². The molecular formula is C60H38N2O. The molecule has 0 aliphatic heterocycles. The van der Waals surface area contributed by atoms with Crippen molar-refractivity contribution in [3.8, 4) is 78.6 Å². The fraction of sp³-hybridized carbons (Fsp3) is 0. The number of hydrogen-bond acceptors (Lipinski definition) is 3. The van der Waals surface area contributed by atoms with Crippen molar-refractivity contribution in [2.24, 2.45) is 0 Å². The van der Waals surface area contributed by atoms with Crippen LogP contribution in [0.25, 0.3) is 122 Å². The molecule has 12 rings (SSSR count). The van der Waals surface area contributed by atoms with Crippen molar-refractivity contribution in [1.29, 1.82) is 0 Å². The third-order valence-corrected chi connectivity index (χ3v) is 12.3. The number of aromatic nitrogens is 2. The van der Waals surface area contributed by atoms with Crippen LogP contribution in [0.5, 0.6) is 0 Å². The van der Waals surface area contributed by atoms with Gasteiger partial charge >= 0.3 is 0 Å². The summed E-state index contributed by atoms with van der Waals surface area (Å²) in [5.74, 6) is 1.54. The predicted octanol–water partition coefficient (Wildman–Crippen LogP) is 16.4. The zero-order valence-electron chi connectivity index (χ0n) is 34.2. The van der Waals surface area contributed by atoms with Crippen molar-refractivity contribution in [3.05, 3.63) is 231 Å². The minimum absolute atomic E-state index is 0.691. The first-order valence-electron chi connectivity index (χ1n) is 21.4. The van der Waals surface area contributed by atoms with Crippen molar-refractivity contribution in [1.82, 2.24) is 9.97 Å². The maximum atomic E-state index is 6.14. The van der Waals surface area contributed by atoms with E-state index in [1.807, 2.05) is 36.4 Å². The van der Waals surface area contributed by atoms with E-state index in [4.69, 9.17) is 14.4 Å². The average molecular weight is 803 g/mol. The second-order valence-electron chi connectivity index (χ2n) is 16.1. The Kier molecular flexibility index (Phi) is 8.83. The van der Waals surface area contributed by atoms with Crippen LogP contribution in [0.15, 0.2) is 235 Å². The molecule has 0 saturated heterocycles. The van der Waals surface area contributed by atoms with E-state index in [0.717, 1.165) is 61.5 Å². The summed E-state index contributed by atoms with van der Waals surface area (Å²) in [7, 11) is 0. The van der Waals surface area contributed by atoms with Crippen molar-refractivity contribution < 1.29 is 4.42 Å². The van der Waals surface area contributed by atoms with Crippen LogP contribution < -0.4 is 0 Å². The predicted molar refractivity (Wildman–Crippen MR) is 262 cm³/mol. The monoisotopic (exact) mass is 802 g/mol. The van der Waals surface area contributed by atoms with Crippen molar-refractivity contribution in [3.63, 3.8) is 0 Å². The van der Waals surface area contributed by atoms with Crippen LogP contribution in [0, 0.1) is 0 Å². The minimum Gasteiger partial charge on any atom is -0.456 e. The van der Waals surface area contributed by atoms with Gasteiger partial charge in [0.2, 0.25) is 0 Å². The average Bonchev–Trinajstić information content (AvgIpc) is 3.81. The van der Waals surface area contributed by atoms with E-state index in [1.165, 1.54) is 54.6 Å². The largest absolute Gasteiger partial charge is 0.456 e. The molecule has 10 aromatic carbocycles. The van der Waals surface area contributed by atoms with E-state index in [2.05, 4.69) is 194 Å². The van der Waals surface area contributed by atoms with E-state index in [-0.39, 0.29) is 0 Å². The van der Waals surface area contributed by atoms with E-state index < -0.39 is 0 Å². The molecule has 2 heterocycles. The molecule has 3 heteroatoms. The first-order chi connectivity index (χ1) is 31.2. The van der Waals surface area contributed by atoms with Gasteiger partial charge in [-0.15, -0.1) is 0 Å². The molecule has 63 heavy (non-hydrogen) atoms. The van der Waals surface area contributed by atoms with Crippen LogP contribution in [0.3, 0.4) is 0 Å². The maximum absolute atomic E-state index is 6.14. The first-order valence-corrected chi connectivity index (χ1v) is 21.4. The number of nitrogens with zero attached hydrogens (tertiary/aromatic N) is 2. The summed E-state index contributed by atoms with van der Waals surface area (Å²) in [5, 5.41) is 8.72. The Bertz CT molecular complexity index is 3590. The molecule has 0 radical (unpaired) electrons. The molecular weight excluding hydrogens is 765 g/mol. The minimum atomic E-state index is 0.691. The summed E-state index contributed by atoms with van der Waals surface area (Å²) in [4.78, 5) is 10.1. The molecule has 0 N–H and O–H groups in total. The molecule has 12 aromatic rings. The van der Waals surface area contributed by atoms with Crippen LogP contribution in [-0.2, 0) is 0 Å². The molecule has 0 fully saturated rings. The van der Waals surface area contributed by atoms with E-state index >= 15 is 0 Å². The van der Waals surface area contributed by atoms with E-state index in [9.17, 15) is 0 Å². The molecule has 0 aliphatic rings. The standard InChI is InChI=1S/C60H38N2O/c1-2-11-48(12-3-1)60-61-55(38-56(62-60)45-28-30-46(31-29-45)58-37-50-14-6-9-17-57(50)63-58)44-26-22-41(23-27-44)39-18-20-40(21-19-39)42-24-32-47(33-25-42)59-52-16-8-5-13-49(52)36-54-51-15-7-4-10-43(51)34-35-53(54)59/h1-38H. The number of furan rings is 1. The highest BCUT2D eigenvalue weighted by Crippen LogP contribution is 2.40. The van der Waals surface area contributed by atoms with Gasteiger partial charge in [0.05, 0.1) is 11.4 Å². The highest BCUT2D eigenvalue weighted by Gasteiger charge is 2.15. The SMILES string of the molecule is c1ccc(-c2nc(-c3ccc(-c4ccc(-c5ccc(-c6c7ccccc7cc7c6ccc6ccccc67)cc5)cc4)cc3)cc(-c3ccc(-c4cc5ccccc5o4)cc3)n2)cc1. The Labute approximate surface area is 365 Å². The highest BCUT2D eigenvalue weighted by atomic mass is 16.3. The van der Waals surface area contributed by atoms with Crippen LogP contribution in [0.4, 0.5) is 0 Å². The third kappa shape index (κ3) is 6.73. The fourth-order valence-corrected chi connectivity index (χ4v) is 9.04. The topological polar surface area (TPSA) is 38.9 Å². The summed E-state index contributed by atoms with van der Waals surface area (Å²) < 4.78 is 6.14. The number of rotatable bonds is 7. The first kappa shape index (κ1) is 36.5.